The van der Waals surface area contributed by atoms with E-state index in [9.17, 15) is 4.79 Å². The lowest BCUT2D eigenvalue weighted by molar-refractivity contribution is -0.142. The molecular formula is C8H20O3Si2. The third-order valence-electron chi connectivity index (χ3n) is 1.48. The summed E-state index contributed by atoms with van der Waals surface area (Å²) in [5, 5.41) is 9.00. The van der Waals surface area contributed by atoms with E-state index in [-0.39, 0.29) is 0 Å². The van der Waals surface area contributed by atoms with E-state index in [1.54, 1.807) is 0 Å². The van der Waals surface area contributed by atoms with Crippen molar-refractivity contribution in [3.63, 3.8) is 0 Å². The zero-order chi connectivity index (χ0) is 10.9. The molecule has 5 heteroatoms. The van der Waals surface area contributed by atoms with Gasteiger partial charge in [0, 0.05) is 0 Å². The van der Waals surface area contributed by atoms with Crippen molar-refractivity contribution in [2.45, 2.75) is 45.0 Å². The van der Waals surface area contributed by atoms with E-state index in [0.29, 0.717) is 0 Å². The zero-order valence-corrected chi connectivity index (χ0v) is 11.3. The predicted molar refractivity (Wildman–Crippen MR) is 59.2 cm³/mol. The lowest BCUT2D eigenvalue weighted by atomic mass is 10.7. The largest absolute Gasteiger partial charge is 0.480 e. The molecule has 0 heterocycles. The van der Waals surface area contributed by atoms with E-state index in [4.69, 9.17) is 9.53 Å². The molecule has 0 saturated heterocycles. The average molecular weight is 220 g/mol. The minimum Gasteiger partial charge on any atom is -0.480 e. The monoisotopic (exact) mass is 220 g/mol. The Morgan fingerprint density at radius 2 is 1.54 bits per heavy atom. The molecule has 0 aromatic carbocycles. The first-order valence-corrected chi connectivity index (χ1v) is 11.4. The molecular weight excluding hydrogens is 200 g/mol. The van der Waals surface area contributed by atoms with Gasteiger partial charge in [0.05, 0.1) is 8.07 Å². The lowest BCUT2D eigenvalue weighted by Gasteiger charge is -2.31. The molecule has 0 unspecified atom stereocenters. The fourth-order valence-corrected chi connectivity index (χ4v) is 4.97. The maximum atomic E-state index is 11.0. The number of aliphatic carboxylic acids is 1. The van der Waals surface area contributed by atoms with Crippen LogP contribution in [0, 0.1) is 0 Å². The highest BCUT2D eigenvalue weighted by molar-refractivity contribution is 6.81. The Morgan fingerprint density at radius 1 is 1.15 bits per heavy atom. The highest BCUT2D eigenvalue weighted by Crippen LogP contribution is 2.17. The first kappa shape index (κ1) is 12.9. The Morgan fingerprint density at radius 3 is 1.62 bits per heavy atom. The van der Waals surface area contributed by atoms with Gasteiger partial charge in [-0.15, -0.1) is 0 Å². The Labute approximate surface area is 82.2 Å². The number of carboxylic acid groups (broad SMARTS) is 1. The van der Waals surface area contributed by atoms with Crippen LogP contribution in [0.4, 0.5) is 0 Å². The molecule has 13 heavy (non-hydrogen) atoms. The molecule has 78 valence electrons. The molecule has 1 atom stereocenters. The Hall–Kier alpha value is -0.136. The van der Waals surface area contributed by atoms with Gasteiger partial charge < -0.3 is 9.53 Å². The molecule has 0 saturated carbocycles. The Bertz CT molecular complexity index is 191. The summed E-state index contributed by atoms with van der Waals surface area (Å²) >= 11 is 0. The Kier molecular flexibility index (Phi) is 3.89. The second-order valence-electron chi connectivity index (χ2n) is 5.31. The van der Waals surface area contributed by atoms with Crippen LogP contribution in [0.15, 0.2) is 0 Å². The van der Waals surface area contributed by atoms with E-state index in [1.165, 1.54) is 0 Å². The number of rotatable bonds is 4. The van der Waals surface area contributed by atoms with Crippen molar-refractivity contribution in [2.24, 2.45) is 0 Å². The highest BCUT2D eigenvalue weighted by Gasteiger charge is 2.37. The molecule has 0 fully saturated rings. The van der Waals surface area contributed by atoms with Crippen molar-refractivity contribution in [3.05, 3.63) is 0 Å². The van der Waals surface area contributed by atoms with Gasteiger partial charge in [-0.05, 0) is 19.6 Å². The SMILES string of the molecule is C[Si](C)(C)O[C@H](C(=O)O)[Si](C)(C)C. The van der Waals surface area contributed by atoms with E-state index >= 15 is 0 Å². The second-order valence-corrected chi connectivity index (χ2v) is 15.0. The molecule has 0 aliphatic carbocycles. The number of hydrogen-bond donors (Lipinski definition) is 1. The molecule has 0 spiro atoms. The van der Waals surface area contributed by atoms with Crippen LogP contribution < -0.4 is 0 Å². The molecule has 0 rings (SSSR count). The minimum atomic E-state index is -1.75. The normalized spacial score (nSPS) is 15.5. The molecule has 0 aliphatic heterocycles. The summed E-state index contributed by atoms with van der Waals surface area (Å²) in [4.78, 5) is 11.0. The fourth-order valence-electron chi connectivity index (χ4n) is 0.951. The van der Waals surface area contributed by atoms with E-state index < -0.39 is 28.1 Å². The standard InChI is InChI=1S/C8H20O3Si2/c1-12(2,3)8(7(9)10)11-13(4,5)6/h8H,1-6H3,(H,9,10)/t8-/m0/s1. The number of carboxylic acids is 1. The van der Waals surface area contributed by atoms with Crippen LogP contribution in [0.25, 0.3) is 0 Å². The van der Waals surface area contributed by atoms with Crippen molar-refractivity contribution in [1.82, 2.24) is 0 Å². The van der Waals surface area contributed by atoms with Gasteiger partial charge in [0.25, 0.3) is 0 Å². The van der Waals surface area contributed by atoms with Crippen molar-refractivity contribution in [1.29, 1.82) is 0 Å². The molecule has 0 aromatic heterocycles. The molecule has 0 bridgehead atoms. The third-order valence-corrected chi connectivity index (χ3v) is 4.60. The van der Waals surface area contributed by atoms with Crippen molar-refractivity contribution < 1.29 is 14.3 Å². The summed E-state index contributed by atoms with van der Waals surface area (Å²) in [7, 11) is -3.49. The van der Waals surface area contributed by atoms with Gasteiger partial charge in [-0.25, -0.2) is 4.79 Å². The van der Waals surface area contributed by atoms with Gasteiger partial charge in [-0.1, -0.05) is 19.6 Å². The van der Waals surface area contributed by atoms with Gasteiger partial charge in [0.1, 0.15) is 5.73 Å². The smallest absolute Gasteiger partial charge is 0.327 e. The first-order chi connectivity index (χ1) is 5.54. The fraction of sp³-hybridized carbons (Fsp3) is 0.875. The molecule has 1 N–H and O–H groups in total. The maximum Gasteiger partial charge on any atom is 0.327 e. The topological polar surface area (TPSA) is 46.5 Å². The first-order valence-electron chi connectivity index (χ1n) is 4.44. The lowest BCUT2D eigenvalue weighted by Crippen LogP contribution is -2.51. The predicted octanol–water partition coefficient (Wildman–Crippen LogP) is 2.17. The van der Waals surface area contributed by atoms with Gasteiger partial charge in [-0.2, -0.15) is 0 Å². The van der Waals surface area contributed by atoms with E-state index in [1.807, 2.05) is 39.3 Å². The van der Waals surface area contributed by atoms with Crippen molar-refractivity contribution >= 4 is 22.4 Å². The molecule has 0 radical (unpaired) electrons. The summed E-state index contributed by atoms with van der Waals surface area (Å²) in [6.07, 6.45) is 0. The summed E-state index contributed by atoms with van der Waals surface area (Å²) in [6, 6.07) is 0. The van der Waals surface area contributed by atoms with Crippen LogP contribution in [0.3, 0.4) is 0 Å². The maximum absolute atomic E-state index is 11.0. The van der Waals surface area contributed by atoms with Crippen LogP contribution in [-0.4, -0.2) is 33.2 Å². The molecule has 0 amide bonds. The van der Waals surface area contributed by atoms with Crippen LogP contribution in [0.5, 0.6) is 0 Å². The molecule has 3 nitrogen and oxygen atoms in total. The zero-order valence-electron chi connectivity index (χ0n) is 9.34. The minimum absolute atomic E-state index is 0.556. The van der Waals surface area contributed by atoms with Crippen LogP contribution >= 0.6 is 0 Å². The highest BCUT2D eigenvalue weighted by atomic mass is 28.4. The van der Waals surface area contributed by atoms with E-state index in [0.717, 1.165) is 0 Å². The van der Waals surface area contributed by atoms with Crippen molar-refractivity contribution in [2.75, 3.05) is 0 Å². The summed E-state index contributed by atoms with van der Waals surface area (Å²) in [6.45, 7) is 12.1. The van der Waals surface area contributed by atoms with Gasteiger partial charge in [0.15, 0.2) is 8.32 Å². The van der Waals surface area contributed by atoms with E-state index in [2.05, 4.69) is 0 Å². The summed E-state index contributed by atoms with van der Waals surface area (Å²) in [5.74, 6) is -0.804. The van der Waals surface area contributed by atoms with Crippen LogP contribution in [-0.2, 0) is 9.22 Å². The summed E-state index contributed by atoms with van der Waals surface area (Å²) < 4.78 is 5.66. The third kappa shape index (κ3) is 5.22. The van der Waals surface area contributed by atoms with Gasteiger partial charge in [-0.3, -0.25) is 0 Å². The average Bonchev–Trinajstić information content (AvgIpc) is 1.77. The Balaban J connectivity index is 4.56. The molecule has 0 aliphatic rings. The van der Waals surface area contributed by atoms with Gasteiger partial charge in [0.2, 0.25) is 0 Å². The number of carbonyl (C=O) groups is 1. The van der Waals surface area contributed by atoms with Crippen LogP contribution in [0.2, 0.25) is 39.3 Å². The second kappa shape index (κ2) is 3.93. The quantitative estimate of drug-likeness (QED) is 0.739. The summed E-state index contributed by atoms with van der Waals surface area (Å²) in [5.41, 5.74) is -0.556. The van der Waals surface area contributed by atoms with Crippen molar-refractivity contribution in [3.8, 4) is 0 Å². The molecule has 0 aromatic rings. The van der Waals surface area contributed by atoms with Gasteiger partial charge >= 0.3 is 5.97 Å². The number of hydrogen-bond acceptors (Lipinski definition) is 2. The van der Waals surface area contributed by atoms with Crippen LogP contribution in [0.1, 0.15) is 0 Å².